The average molecular weight is 568 g/mol. The minimum absolute atomic E-state index is 0.0200. The molecule has 0 bridgehead atoms. The summed E-state index contributed by atoms with van der Waals surface area (Å²) >= 11 is 6.10. The first-order chi connectivity index (χ1) is 19.0. The number of nitrogens with zero attached hydrogens (tertiary/aromatic N) is 2. The first-order valence-corrected chi connectivity index (χ1v) is 12.6. The van der Waals surface area contributed by atoms with Crippen LogP contribution in [0.3, 0.4) is 0 Å². The lowest BCUT2D eigenvalue weighted by molar-refractivity contribution is -0.141. The summed E-state index contributed by atoms with van der Waals surface area (Å²) < 4.78 is 39.5. The Balaban J connectivity index is 1.65. The van der Waals surface area contributed by atoms with E-state index < -0.39 is 41.6 Å². The molecule has 1 unspecified atom stereocenters. The SMILES string of the molecule is O=C(O)CCC(=O)N1N=C(c2c(-c3ccc(Cl)cc3)c3ccccc3[nH]c2=O)CC1c1ccc(C(F)(F)F)cc1. The molecule has 1 amide bonds. The van der Waals surface area contributed by atoms with E-state index in [1.165, 1.54) is 12.1 Å². The molecule has 0 fully saturated rings. The number of carbonyl (C=O) groups is 2. The van der Waals surface area contributed by atoms with Crippen LogP contribution in [0.4, 0.5) is 13.2 Å². The van der Waals surface area contributed by atoms with Gasteiger partial charge in [-0.3, -0.25) is 14.4 Å². The van der Waals surface area contributed by atoms with Crippen LogP contribution in [-0.4, -0.2) is 32.7 Å². The number of halogens is 4. The van der Waals surface area contributed by atoms with Gasteiger partial charge in [-0.25, -0.2) is 5.01 Å². The normalized spacial score (nSPS) is 15.3. The quantitative estimate of drug-likeness (QED) is 0.281. The fraction of sp³-hybridized carbons (Fsp3) is 0.172. The third kappa shape index (κ3) is 5.35. The van der Waals surface area contributed by atoms with Crippen LogP contribution in [0.25, 0.3) is 22.0 Å². The lowest BCUT2D eigenvalue weighted by atomic mass is 9.91. The van der Waals surface area contributed by atoms with Gasteiger partial charge >= 0.3 is 12.1 Å². The number of aromatic nitrogens is 1. The maximum atomic E-state index is 13.5. The van der Waals surface area contributed by atoms with Crippen molar-refractivity contribution in [1.82, 2.24) is 9.99 Å². The Morgan fingerprint density at radius 2 is 1.65 bits per heavy atom. The van der Waals surface area contributed by atoms with E-state index in [9.17, 15) is 27.6 Å². The summed E-state index contributed by atoms with van der Waals surface area (Å²) in [6.45, 7) is 0. The van der Waals surface area contributed by atoms with Crippen molar-refractivity contribution in [1.29, 1.82) is 0 Å². The van der Waals surface area contributed by atoms with Crippen molar-refractivity contribution in [2.75, 3.05) is 0 Å². The molecule has 1 aliphatic rings. The van der Waals surface area contributed by atoms with E-state index in [2.05, 4.69) is 10.1 Å². The van der Waals surface area contributed by atoms with Crippen molar-refractivity contribution < 1.29 is 27.9 Å². The van der Waals surface area contributed by atoms with Gasteiger partial charge in [0.2, 0.25) is 5.91 Å². The Labute approximate surface area is 230 Å². The second-order valence-electron chi connectivity index (χ2n) is 9.28. The maximum absolute atomic E-state index is 13.5. The molecule has 1 aliphatic heterocycles. The molecule has 3 aromatic carbocycles. The van der Waals surface area contributed by atoms with Crippen molar-refractivity contribution >= 4 is 40.1 Å². The van der Waals surface area contributed by atoms with Crippen LogP contribution in [0.1, 0.15) is 42.0 Å². The van der Waals surface area contributed by atoms with Crippen LogP contribution in [0.2, 0.25) is 5.02 Å². The zero-order valence-corrected chi connectivity index (χ0v) is 21.5. The van der Waals surface area contributed by atoms with Crippen LogP contribution in [0, 0.1) is 0 Å². The third-order valence-corrected chi connectivity index (χ3v) is 6.94. The number of benzene rings is 3. The maximum Gasteiger partial charge on any atom is 0.416 e. The second kappa shape index (κ2) is 10.6. The van der Waals surface area contributed by atoms with Gasteiger partial charge in [-0.2, -0.15) is 18.3 Å². The summed E-state index contributed by atoms with van der Waals surface area (Å²) in [5.41, 5.74) is 1.29. The number of H-pyrrole nitrogens is 1. The molecule has 5 rings (SSSR count). The third-order valence-electron chi connectivity index (χ3n) is 6.68. The minimum atomic E-state index is -4.54. The number of hydrazone groups is 1. The molecule has 0 saturated carbocycles. The molecule has 0 radical (unpaired) electrons. The van der Waals surface area contributed by atoms with Crippen LogP contribution >= 0.6 is 11.6 Å². The number of hydrogen-bond donors (Lipinski definition) is 2. The molecule has 0 aliphatic carbocycles. The van der Waals surface area contributed by atoms with Crippen LogP contribution in [-0.2, 0) is 15.8 Å². The number of carboxylic acid groups (broad SMARTS) is 1. The molecular formula is C29H21ClF3N3O4. The smallest absolute Gasteiger partial charge is 0.416 e. The summed E-state index contributed by atoms with van der Waals surface area (Å²) in [4.78, 5) is 40.6. The molecule has 0 spiro atoms. The number of fused-ring (bicyclic) bond motifs is 1. The largest absolute Gasteiger partial charge is 0.481 e. The summed E-state index contributed by atoms with van der Waals surface area (Å²) in [6, 6.07) is 17.5. The van der Waals surface area contributed by atoms with Crippen LogP contribution in [0.15, 0.2) is 82.7 Å². The highest BCUT2D eigenvalue weighted by Gasteiger charge is 2.36. The van der Waals surface area contributed by atoms with Gasteiger partial charge in [0.05, 0.1) is 29.3 Å². The molecule has 2 heterocycles. The van der Waals surface area contributed by atoms with E-state index in [1.54, 1.807) is 36.4 Å². The number of carboxylic acids is 1. The van der Waals surface area contributed by atoms with Gasteiger partial charge in [-0.15, -0.1) is 0 Å². The van der Waals surface area contributed by atoms with E-state index in [0.717, 1.165) is 17.1 Å². The number of alkyl halides is 3. The van der Waals surface area contributed by atoms with Crippen LogP contribution < -0.4 is 5.56 Å². The predicted octanol–water partition coefficient (Wildman–Crippen LogP) is 6.41. The topological polar surface area (TPSA) is 103 Å². The monoisotopic (exact) mass is 567 g/mol. The van der Waals surface area contributed by atoms with Gasteiger partial charge in [-0.05, 0) is 41.5 Å². The molecule has 1 aromatic heterocycles. The fourth-order valence-corrected chi connectivity index (χ4v) is 4.93. The molecule has 40 heavy (non-hydrogen) atoms. The van der Waals surface area contributed by atoms with Crippen molar-refractivity contribution in [2.45, 2.75) is 31.5 Å². The van der Waals surface area contributed by atoms with Crippen molar-refractivity contribution in [3.8, 4) is 11.1 Å². The first-order valence-electron chi connectivity index (χ1n) is 12.2. The van der Waals surface area contributed by atoms with Crippen LogP contribution in [0.5, 0.6) is 0 Å². The first kappa shape index (κ1) is 27.1. The lowest BCUT2D eigenvalue weighted by Crippen LogP contribution is -2.27. The Bertz CT molecular complexity index is 1700. The highest BCUT2D eigenvalue weighted by molar-refractivity contribution is 6.30. The fourth-order valence-electron chi connectivity index (χ4n) is 4.81. The van der Waals surface area contributed by atoms with E-state index in [0.29, 0.717) is 32.6 Å². The van der Waals surface area contributed by atoms with E-state index in [4.69, 9.17) is 16.7 Å². The standard InChI is InChI=1S/C29H21ClF3N3O4/c30-19-11-7-17(8-12-19)26-20-3-1-2-4-21(20)34-28(40)27(26)22-15-23(36(35-22)24(37)13-14-25(38)39)16-5-9-18(10-6-16)29(31,32)33/h1-12,23H,13-15H2,(H,34,40)(H,38,39). The van der Waals surface area contributed by atoms with Gasteiger partial charge in [-0.1, -0.05) is 54.1 Å². The number of aliphatic carboxylic acids is 1. The molecule has 0 saturated heterocycles. The summed E-state index contributed by atoms with van der Waals surface area (Å²) in [5.74, 6) is -1.81. The van der Waals surface area contributed by atoms with E-state index in [1.807, 2.05) is 12.1 Å². The number of amides is 1. The van der Waals surface area contributed by atoms with Gasteiger partial charge in [0.15, 0.2) is 0 Å². The molecule has 1 atom stereocenters. The Morgan fingerprint density at radius 3 is 2.30 bits per heavy atom. The zero-order valence-electron chi connectivity index (χ0n) is 20.7. The van der Waals surface area contributed by atoms with Gasteiger partial charge in [0.25, 0.3) is 5.56 Å². The molecule has 11 heteroatoms. The molecular weight excluding hydrogens is 547 g/mol. The van der Waals surface area contributed by atoms with Crippen molar-refractivity contribution in [3.05, 3.63) is 105 Å². The summed E-state index contributed by atoms with van der Waals surface area (Å²) in [7, 11) is 0. The second-order valence-corrected chi connectivity index (χ2v) is 9.71. The Morgan fingerprint density at radius 1 is 0.975 bits per heavy atom. The minimum Gasteiger partial charge on any atom is -0.481 e. The average Bonchev–Trinajstić information content (AvgIpc) is 3.36. The number of hydrogen-bond acceptors (Lipinski definition) is 4. The lowest BCUT2D eigenvalue weighted by Gasteiger charge is -2.22. The molecule has 2 N–H and O–H groups in total. The highest BCUT2D eigenvalue weighted by atomic mass is 35.5. The summed E-state index contributed by atoms with van der Waals surface area (Å²) in [5, 5.41) is 15.8. The predicted molar refractivity (Wildman–Crippen MR) is 144 cm³/mol. The summed E-state index contributed by atoms with van der Waals surface area (Å²) in [6.07, 6.45) is -5.35. The van der Waals surface area contributed by atoms with E-state index in [-0.39, 0.29) is 24.1 Å². The molecule has 7 nitrogen and oxygen atoms in total. The van der Waals surface area contributed by atoms with Gasteiger partial charge in [0.1, 0.15) is 0 Å². The number of rotatable bonds is 6. The highest BCUT2D eigenvalue weighted by Crippen LogP contribution is 2.38. The van der Waals surface area contributed by atoms with Gasteiger partial charge < -0.3 is 10.1 Å². The van der Waals surface area contributed by atoms with Gasteiger partial charge in [0, 0.05) is 34.3 Å². The number of para-hydroxylation sites is 1. The van der Waals surface area contributed by atoms with E-state index >= 15 is 0 Å². The number of carbonyl (C=O) groups excluding carboxylic acids is 1. The number of pyridine rings is 1. The number of nitrogens with one attached hydrogen (secondary N) is 1. The number of aromatic amines is 1. The Hall–Kier alpha value is -4.44. The zero-order chi connectivity index (χ0) is 28.6. The Kier molecular flexibility index (Phi) is 7.20. The molecule has 4 aromatic rings. The van der Waals surface area contributed by atoms with Crippen molar-refractivity contribution in [3.63, 3.8) is 0 Å². The molecule has 204 valence electrons. The van der Waals surface area contributed by atoms with Crippen molar-refractivity contribution in [2.24, 2.45) is 5.10 Å².